The Labute approximate surface area is 98.0 Å². The number of hydrogen-bond acceptors (Lipinski definition) is 2. The van der Waals surface area contributed by atoms with E-state index in [0.717, 1.165) is 25.7 Å². The molecule has 1 fully saturated rings. The number of rotatable bonds is 2. The molecule has 2 nitrogen and oxygen atoms in total. The van der Waals surface area contributed by atoms with Crippen LogP contribution in [0.3, 0.4) is 0 Å². The molecule has 1 heterocycles. The predicted molar refractivity (Wildman–Crippen MR) is 58.4 cm³/mol. The van der Waals surface area contributed by atoms with Gasteiger partial charge in [-0.2, -0.15) is 13.2 Å². The Kier molecular flexibility index (Phi) is 3.12. The van der Waals surface area contributed by atoms with Gasteiger partial charge in [-0.05, 0) is 24.5 Å². The first kappa shape index (κ1) is 12.4. The van der Waals surface area contributed by atoms with Crippen LogP contribution >= 0.6 is 0 Å². The van der Waals surface area contributed by atoms with Gasteiger partial charge in [0.25, 0.3) is 0 Å². The van der Waals surface area contributed by atoms with Gasteiger partial charge in [-0.15, -0.1) is 0 Å². The van der Waals surface area contributed by atoms with E-state index in [1.807, 2.05) is 0 Å². The fourth-order valence-electron chi connectivity index (χ4n) is 2.69. The maximum absolute atomic E-state index is 12.9. The molecule has 2 rings (SSSR count). The first-order valence-corrected chi connectivity index (χ1v) is 5.72. The van der Waals surface area contributed by atoms with Gasteiger partial charge >= 0.3 is 6.18 Å². The third-order valence-electron chi connectivity index (χ3n) is 3.60. The smallest absolute Gasteiger partial charge is 0.330 e. The van der Waals surface area contributed by atoms with Crippen LogP contribution in [0, 0.1) is 0 Å². The van der Waals surface area contributed by atoms with Gasteiger partial charge in [0.15, 0.2) is 0 Å². The minimum Gasteiger partial charge on any atom is -0.330 e. The lowest BCUT2D eigenvalue weighted by Gasteiger charge is -2.29. The van der Waals surface area contributed by atoms with Crippen LogP contribution < -0.4 is 5.73 Å². The molecule has 1 aromatic heterocycles. The maximum atomic E-state index is 12.9. The van der Waals surface area contributed by atoms with E-state index < -0.39 is 17.3 Å². The van der Waals surface area contributed by atoms with E-state index >= 15 is 0 Å². The van der Waals surface area contributed by atoms with Crippen molar-refractivity contribution in [3.8, 4) is 0 Å². The molecule has 0 radical (unpaired) electrons. The Balaban J connectivity index is 2.51. The van der Waals surface area contributed by atoms with Crippen LogP contribution in [-0.4, -0.2) is 11.5 Å². The molecule has 2 N–H and O–H groups in total. The topological polar surface area (TPSA) is 38.9 Å². The van der Waals surface area contributed by atoms with E-state index in [9.17, 15) is 13.2 Å². The van der Waals surface area contributed by atoms with Crippen LogP contribution in [0.1, 0.15) is 36.9 Å². The summed E-state index contributed by atoms with van der Waals surface area (Å²) in [5.74, 6) is 0. The summed E-state index contributed by atoms with van der Waals surface area (Å²) in [5.41, 5.74) is 4.69. The van der Waals surface area contributed by atoms with E-state index in [1.54, 1.807) is 6.07 Å². The number of halogens is 3. The van der Waals surface area contributed by atoms with Gasteiger partial charge in [0.2, 0.25) is 0 Å². The molecule has 0 spiro atoms. The number of hydrogen-bond donors (Lipinski definition) is 1. The second kappa shape index (κ2) is 4.29. The lowest BCUT2D eigenvalue weighted by atomic mass is 9.78. The molecule has 0 bridgehead atoms. The summed E-state index contributed by atoms with van der Waals surface area (Å²) in [5, 5.41) is 0. The monoisotopic (exact) mass is 244 g/mol. The van der Waals surface area contributed by atoms with Crippen LogP contribution in [0.15, 0.2) is 18.3 Å². The number of alkyl halides is 3. The first-order valence-electron chi connectivity index (χ1n) is 5.72. The minimum atomic E-state index is -4.40. The maximum Gasteiger partial charge on any atom is 0.433 e. The Morgan fingerprint density at radius 3 is 2.47 bits per heavy atom. The fourth-order valence-corrected chi connectivity index (χ4v) is 2.69. The van der Waals surface area contributed by atoms with Crippen LogP contribution in [0.5, 0.6) is 0 Å². The molecule has 0 aromatic carbocycles. The normalized spacial score (nSPS) is 19.5. The molecular weight excluding hydrogens is 229 g/mol. The zero-order chi connectivity index (χ0) is 12.5. The third kappa shape index (κ3) is 2.16. The zero-order valence-electron chi connectivity index (χ0n) is 9.43. The van der Waals surface area contributed by atoms with Crippen molar-refractivity contribution in [2.24, 2.45) is 5.73 Å². The van der Waals surface area contributed by atoms with Crippen molar-refractivity contribution in [3.05, 3.63) is 29.6 Å². The highest BCUT2D eigenvalue weighted by Crippen LogP contribution is 2.44. The number of aromatic nitrogens is 1. The molecule has 0 aliphatic heterocycles. The van der Waals surface area contributed by atoms with Crippen LogP contribution in [0.2, 0.25) is 0 Å². The Morgan fingerprint density at radius 2 is 1.94 bits per heavy atom. The molecule has 0 unspecified atom stereocenters. The molecule has 5 heteroatoms. The Hall–Kier alpha value is -1.10. The molecule has 0 saturated heterocycles. The van der Waals surface area contributed by atoms with E-state index in [4.69, 9.17) is 5.73 Å². The highest BCUT2D eigenvalue weighted by atomic mass is 19.4. The van der Waals surface area contributed by atoms with Crippen molar-refractivity contribution < 1.29 is 13.2 Å². The number of nitrogens with two attached hydrogens (primary N) is 1. The summed E-state index contributed by atoms with van der Waals surface area (Å²) in [7, 11) is 0. The molecule has 17 heavy (non-hydrogen) atoms. The molecule has 1 saturated carbocycles. The summed E-state index contributed by atoms with van der Waals surface area (Å²) in [6.45, 7) is 0.252. The average Bonchev–Trinajstić information content (AvgIpc) is 2.78. The Morgan fingerprint density at radius 1 is 1.29 bits per heavy atom. The van der Waals surface area contributed by atoms with Crippen LogP contribution in [0.25, 0.3) is 0 Å². The van der Waals surface area contributed by atoms with Crippen molar-refractivity contribution in [2.45, 2.75) is 37.3 Å². The standard InChI is InChI=1S/C12H15F3N2/c13-12(14,15)10-9(4-3-7-17-10)11(8-16)5-1-2-6-11/h3-4,7H,1-2,5-6,8,16H2. The van der Waals surface area contributed by atoms with Crippen molar-refractivity contribution in [1.82, 2.24) is 4.98 Å². The predicted octanol–water partition coefficient (Wildman–Crippen LogP) is 2.87. The minimum absolute atomic E-state index is 0.252. The van der Waals surface area contributed by atoms with E-state index in [1.165, 1.54) is 12.3 Å². The average molecular weight is 244 g/mol. The second-order valence-electron chi connectivity index (χ2n) is 4.59. The summed E-state index contributed by atoms with van der Waals surface area (Å²) in [6, 6.07) is 3.08. The summed E-state index contributed by atoms with van der Waals surface area (Å²) < 4.78 is 38.7. The lowest BCUT2D eigenvalue weighted by molar-refractivity contribution is -0.142. The first-order chi connectivity index (χ1) is 7.99. The SMILES string of the molecule is NCC1(c2cccnc2C(F)(F)F)CCCC1. The van der Waals surface area contributed by atoms with Crippen molar-refractivity contribution >= 4 is 0 Å². The highest BCUT2D eigenvalue weighted by Gasteiger charge is 2.43. The van der Waals surface area contributed by atoms with Crippen LogP contribution in [0.4, 0.5) is 13.2 Å². The molecule has 1 aliphatic carbocycles. The molecule has 94 valence electrons. The summed E-state index contributed by atoms with van der Waals surface area (Å²) >= 11 is 0. The number of pyridine rings is 1. The van der Waals surface area contributed by atoms with Gasteiger partial charge < -0.3 is 5.73 Å². The van der Waals surface area contributed by atoms with Crippen LogP contribution in [-0.2, 0) is 11.6 Å². The highest BCUT2D eigenvalue weighted by molar-refractivity contribution is 5.32. The fraction of sp³-hybridized carbons (Fsp3) is 0.583. The van der Waals surface area contributed by atoms with E-state index in [0.29, 0.717) is 0 Å². The van der Waals surface area contributed by atoms with Gasteiger partial charge in [-0.1, -0.05) is 18.9 Å². The summed E-state index contributed by atoms with van der Waals surface area (Å²) in [4.78, 5) is 3.51. The Bertz CT molecular complexity index is 395. The molecule has 0 amide bonds. The van der Waals surface area contributed by atoms with Crippen molar-refractivity contribution in [2.75, 3.05) is 6.54 Å². The molecule has 0 atom stereocenters. The van der Waals surface area contributed by atoms with Crippen molar-refractivity contribution in [1.29, 1.82) is 0 Å². The van der Waals surface area contributed by atoms with E-state index in [-0.39, 0.29) is 12.1 Å². The zero-order valence-corrected chi connectivity index (χ0v) is 9.43. The van der Waals surface area contributed by atoms with E-state index in [2.05, 4.69) is 4.98 Å². The molecule has 1 aliphatic rings. The van der Waals surface area contributed by atoms with Crippen molar-refractivity contribution in [3.63, 3.8) is 0 Å². The third-order valence-corrected chi connectivity index (χ3v) is 3.60. The van der Waals surface area contributed by atoms with Gasteiger partial charge in [-0.3, -0.25) is 4.98 Å². The summed E-state index contributed by atoms with van der Waals surface area (Å²) in [6.07, 6.45) is 0.0934. The molecular formula is C12H15F3N2. The van der Waals surface area contributed by atoms with Gasteiger partial charge in [0.1, 0.15) is 5.69 Å². The van der Waals surface area contributed by atoms with Gasteiger partial charge in [0, 0.05) is 18.2 Å². The molecule has 1 aromatic rings. The lowest BCUT2D eigenvalue weighted by Crippen LogP contribution is -2.34. The van der Waals surface area contributed by atoms with Gasteiger partial charge in [0.05, 0.1) is 0 Å². The quantitative estimate of drug-likeness (QED) is 0.868. The second-order valence-corrected chi connectivity index (χ2v) is 4.59. The largest absolute Gasteiger partial charge is 0.433 e. The van der Waals surface area contributed by atoms with Gasteiger partial charge in [-0.25, -0.2) is 0 Å². The number of nitrogens with zero attached hydrogens (tertiary/aromatic N) is 1.